The van der Waals surface area contributed by atoms with Gasteiger partial charge in [-0.15, -0.1) is 0 Å². The van der Waals surface area contributed by atoms with E-state index in [4.69, 9.17) is 5.73 Å². The Balaban J connectivity index is 1.81. The fraction of sp³-hybridized carbons (Fsp3) is 1.00. The second-order valence-electron chi connectivity index (χ2n) is 5.83. The van der Waals surface area contributed by atoms with E-state index in [1.165, 1.54) is 45.2 Å². The molecule has 1 saturated heterocycles. The van der Waals surface area contributed by atoms with Crippen molar-refractivity contribution in [3.63, 3.8) is 0 Å². The zero-order valence-corrected chi connectivity index (χ0v) is 10.3. The molecule has 0 radical (unpaired) electrons. The Bertz CT molecular complexity index is 205. The van der Waals surface area contributed by atoms with Gasteiger partial charge in [0, 0.05) is 25.2 Å². The van der Waals surface area contributed by atoms with Crippen LogP contribution in [0.4, 0.5) is 0 Å². The van der Waals surface area contributed by atoms with Gasteiger partial charge in [-0.1, -0.05) is 19.8 Å². The standard InChI is InChI=1S/C13H26N2/c1-10-4-3-5-12(8-10)9-15-7-6-13(14)11(15)2/h10-13H,3-9,14H2,1-2H3. The first-order chi connectivity index (χ1) is 7.16. The van der Waals surface area contributed by atoms with Gasteiger partial charge in [-0.3, -0.25) is 4.90 Å². The first-order valence-electron chi connectivity index (χ1n) is 6.66. The maximum atomic E-state index is 6.06. The molecule has 1 aliphatic carbocycles. The lowest BCUT2D eigenvalue weighted by molar-refractivity contribution is 0.172. The molecule has 0 bridgehead atoms. The minimum absolute atomic E-state index is 0.422. The van der Waals surface area contributed by atoms with Crippen LogP contribution in [0.25, 0.3) is 0 Å². The average molecular weight is 210 g/mol. The Morgan fingerprint density at radius 2 is 2.00 bits per heavy atom. The maximum absolute atomic E-state index is 6.06. The van der Waals surface area contributed by atoms with Crippen molar-refractivity contribution in [2.45, 2.75) is 58.0 Å². The van der Waals surface area contributed by atoms with E-state index >= 15 is 0 Å². The van der Waals surface area contributed by atoms with Gasteiger partial charge < -0.3 is 5.73 Å². The third-order valence-corrected chi connectivity index (χ3v) is 4.48. The lowest BCUT2D eigenvalue weighted by Crippen LogP contribution is -2.39. The van der Waals surface area contributed by atoms with Crippen LogP contribution < -0.4 is 5.73 Å². The number of hydrogen-bond donors (Lipinski definition) is 1. The first-order valence-corrected chi connectivity index (χ1v) is 6.66. The van der Waals surface area contributed by atoms with Crippen LogP contribution in [0, 0.1) is 11.8 Å². The number of likely N-dealkylation sites (tertiary alicyclic amines) is 1. The van der Waals surface area contributed by atoms with Crippen molar-refractivity contribution in [3.05, 3.63) is 0 Å². The Morgan fingerprint density at radius 1 is 1.20 bits per heavy atom. The molecule has 4 unspecified atom stereocenters. The van der Waals surface area contributed by atoms with E-state index in [9.17, 15) is 0 Å². The van der Waals surface area contributed by atoms with Crippen molar-refractivity contribution in [3.8, 4) is 0 Å². The van der Waals surface area contributed by atoms with Gasteiger partial charge in [0.05, 0.1) is 0 Å². The Labute approximate surface area is 94.2 Å². The molecule has 1 aliphatic heterocycles. The maximum Gasteiger partial charge on any atom is 0.0219 e. The normalized spacial score (nSPS) is 43.4. The van der Waals surface area contributed by atoms with Crippen molar-refractivity contribution in [1.29, 1.82) is 0 Å². The van der Waals surface area contributed by atoms with Crippen LogP contribution >= 0.6 is 0 Å². The quantitative estimate of drug-likeness (QED) is 0.757. The molecule has 0 spiro atoms. The van der Waals surface area contributed by atoms with Crippen LogP contribution in [0.15, 0.2) is 0 Å². The summed E-state index contributed by atoms with van der Waals surface area (Å²) in [6.07, 6.45) is 6.98. The number of nitrogens with two attached hydrogens (primary N) is 1. The number of nitrogens with zero attached hydrogens (tertiary/aromatic N) is 1. The molecular weight excluding hydrogens is 184 g/mol. The van der Waals surface area contributed by atoms with Crippen molar-refractivity contribution in [2.24, 2.45) is 17.6 Å². The highest BCUT2D eigenvalue weighted by molar-refractivity contribution is 4.88. The third-order valence-electron chi connectivity index (χ3n) is 4.48. The number of hydrogen-bond acceptors (Lipinski definition) is 2. The minimum atomic E-state index is 0.422. The van der Waals surface area contributed by atoms with E-state index in [0.717, 1.165) is 11.8 Å². The van der Waals surface area contributed by atoms with Crippen LogP contribution in [0.2, 0.25) is 0 Å². The van der Waals surface area contributed by atoms with Gasteiger partial charge in [0.2, 0.25) is 0 Å². The second kappa shape index (κ2) is 4.84. The van der Waals surface area contributed by atoms with E-state index in [1.807, 2.05) is 0 Å². The van der Waals surface area contributed by atoms with Gasteiger partial charge in [-0.05, 0) is 38.0 Å². The molecule has 4 atom stereocenters. The molecule has 0 amide bonds. The molecule has 2 heteroatoms. The van der Waals surface area contributed by atoms with E-state index < -0.39 is 0 Å². The molecule has 88 valence electrons. The van der Waals surface area contributed by atoms with Crippen molar-refractivity contribution in [1.82, 2.24) is 4.90 Å². The molecule has 2 N–H and O–H groups in total. The predicted molar refractivity (Wildman–Crippen MR) is 64.7 cm³/mol. The lowest BCUT2D eigenvalue weighted by atomic mass is 9.82. The summed E-state index contributed by atoms with van der Waals surface area (Å²) in [5, 5.41) is 0. The zero-order valence-electron chi connectivity index (χ0n) is 10.3. The summed E-state index contributed by atoms with van der Waals surface area (Å²) in [6, 6.07) is 1.04. The summed E-state index contributed by atoms with van der Waals surface area (Å²) in [5.41, 5.74) is 6.06. The summed E-state index contributed by atoms with van der Waals surface area (Å²) >= 11 is 0. The highest BCUT2D eigenvalue weighted by Gasteiger charge is 2.30. The van der Waals surface area contributed by atoms with Crippen LogP contribution in [0.5, 0.6) is 0 Å². The second-order valence-corrected chi connectivity index (χ2v) is 5.83. The number of rotatable bonds is 2. The fourth-order valence-corrected chi connectivity index (χ4v) is 3.35. The SMILES string of the molecule is CC1CCCC(CN2CCC(N)C2C)C1. The van der Waals surface area contributed by atoms with E-state index in [2.05, 4.69) is 18.7 Å². The smallest absolute Gasteiger partial charge is 0.0219 e. The molecule has 0 aromatic rings. The largest absolute Gasteiger partial charge is 0.326 e. The van der Waals surface area contributed by atoms with Gasteiger partial charge >= 0.3 is 0 Å². The Morgan fingerprint density at radius 3 is 2.60 bits per heavy atom. The average Bonchev–Trinajstić information content (AvgIpc) is 2.50. The Hall–Kier alpha value is -0.0800. The van der Waals surface area contributed by atoms with Crippen LogP contribution in [0.1, 0.15) is 46.0 Å². The fourth-order valence-electron chi connectivity index (χ4n) is 3.35. The molecule has 0 aromatic heterocycles. The molecule has 1 heterocycles. The third kappa shape index (κ3) is 2.73. The minimum Gasteiger partial charge on any atom is -0.326 e. The monoisotopic (exact) mass is 210 g/mol. The molecule has 2 aliphatic rings. The molecule has 0 aromatic carbocycles. The lowest BCUT2D eigenvalue weighted by Gasteiger charge is -2.32. The summed E-state index contributed by atoms with van der Waals surface area (Å²) in [4.78, 5) is 2.62. The van der Waals surface area contributed by atoms with Gasteiger partial charge in [-0.25, -0.2) is 0 Å². The summed E-state index contributed by atoms with van der Waals surface area (Å²) in [6.45, 7) is 7.24. The van der Waals surface area contributed by atoms with Crippen LogP contribution in [-0.4, -0.2) is 30.1 Å². The van der Waals surface area contributed by atoms with Gasteiger partial charge in [-0.2, -0.15) is 0 Å². The van der Waals surface area contributed by atoms with Crippen LogP contribution in [0.3, 0.4) is 0 Å². The van der Waals surface area contributed by atoms with E-state index in [0.29, 0.717) is 12.1 Å². The summed E-state index contributed by atoms with van der Waals surface area (Å²) in [5.74, 6) is 1.90. The van der Waals surface area contributed by atoms with Crippen molar-refractivity contribution in [2.75, 3.05) is 13.1 Å². The molecule has 2 nitrogen and oxygen atoms in total. The van der Waals surface area contributed by atoms with Crippen LogP contribution in [-0.2, 0) is 0 Å². The first kappa shape index (κ1) is 11.4. The summed E-state index contributed by atoms with van der Waals surface area (Å²) < 4.78 is 0. The zero-order chi connectivity index (χ0) is 10.8. The molecule has 1 saturated carbocycles. The topological polar surface area (TPSA) is 29.3 Å². The van der Waals surface area contributed by atoms with Gasteiger partial charge in [0.25, 0.3) is 0 Å². The van der Waals surface area contributed by atoms with E-state index in [-0.39, 0.29) is 0 Å². The molecule has 2 rings (SSSR count). The van der Waals surface area contributed by atoms with Gasteiger partial charge in [0.1, 0.15) is 0 Å². The highest BCUT2D eigenvalue weighted by atomic mass is 15.2. The highest BCUT2D eigenvalue weighted by Crippen LogP contribution is 2.30. The van der Waals surface area contributed by atoms with Crippen molar-refractivity contribution < 1.29 is 0 Å². The van der Waals surface area contributed by atoms with E-state index in [1.54, 1.807) is 0 Å². The molecule has 2 fully saturated rings. The Kier molecular flexibility index (Phi) is 3.68. The molecular formula is C13H26N2. The predicted octanol–water partition coefficient (Wildman–Crippen LogP) is 2.23. The summed E-state index contributed by atoms with van der Waals surface area (Å²) in [7, 11) is 0. The van der Waals surface area contributed by atoms with Crippen molar-refractivity contribution >= 4 is 0 Å². The molecule has 15 heavy (non-hydrogen) atoms. The van der Waals surface area contributed by atoms with Gasteiger partial charge in [0.15, 0.2) is 0 Å².